The first-order valence-corrected chi connectivity index (χ1v) is 10.0. The van der Waals surface area contributed by atoms with E-state index < -0.39 is 11.8 Å². The minimum Gasteiger partial charge on any atom is -0.371 e. The highest BCUT2D eigenvalue weighted by Gasteiger charge is 2.32. The van der Waals surface area contributed by atoms with Crippen LogP contribution in [0.2, 0.25) is 0 Å². The van der Waals surface area contributed by atoms with Gasteiger partial charge >= 0.3 is 0 Å². The van der Waals surface area contributed by atoms with E-state index in [1.807, 2.05) is 36.4 Å². The fourth-order valence-electron chi connectivity index (χ4n) is 2.98. The molecule has 0 radical (unpaired) electrons. The number of rotatable bonds is 13. The Morgan fingerprint density at radius 3 is 1.97 bits per heavy atom. The Hall–Kier alpha value is -2.08. The molecule has 2 aromatic carbocycles. The zero-order valence-corrected chi connectivity index (χ0v) is 17.6. The van der Waals surface area contributed by atoms with Crippen LogP contribution < -0.4 is 0 Å². The van der Waals surface area contributed by atoms with Crippen molar-refractivity contribution in [3.8, 4) is 0 Å². The summed E-state index contributed by atoms with van der Waals surface area (Å²) in [6.07, 6.45) is -1.18. The van der Waals surface area contributed by atoms with E-state index in [-0.39, 0.29) is 32.1 Å². The lowest BCUT2D eigenvalue weighted by atomic mass is 10.0. The van der Waals surface area contributed by atoms with E-state index >= 15 is 4.39 Å². The predicted molar refractivity (Wildman–Crippen MR) is 113 cm³/mol. The summed E-state index contributed by atoms with van der Waals surface area (Å²) in [7, 11) is 0. The van der Waals surface area contributed by atoms with E-state index in [0.717, 1.165) is 11.1 Å². The molecule has 158 valence electrons. The second-order valence-corrected chi connectivity index (χ2v) is 7.81. The molecule has 0 aliphatic heterocycles. The molecule has 0 heterocycles. The summed E-state index contributed by atoms with van der Waals surface area (Å²) in [5, 5.41) is 0. The highest BCUT2D eigenvalue weighted by Crippen LogP contribution is 2.21. The number of carbonyl (C=O) groups is 1. The quantitative estimate of drug-likeness (QED) is 0.466. The molecule has 0 saturated heterocycles. The largest absolute Gasteiger partial charge is 0.371 e. The normalized spacial score (nSPS) is 12.9. The maximum atomic E-state index is 15.2. The monoisotopic (exact) mass is 401 g/mol. The third kappa shape index (κ3) is 8.86. The summed E-state index contributed by atoms with van der Waals surface area (Å²) in [4.78, 5) is 13.0. The fourth-order valence-corrected chi connectivity index (χ4v) is 2.98. The van der Waals surface area contributed by atoms with Crippen LogP contribution in [0, 0.1) is 0 Å². The molecule has 2 rings (SSSR count). The molecule has 0 amide bonds. The van der Waals surface area contributed by atoms with Gasteiger partial charge in [-0.15, -0.1) is 0 Å². The van der Waals surface area contributed by atoms with Crippen molar-refractivity contribution in [2.45, 2.75) is 45.6 Å². The van der Waals surface area contributed by atoms with Crippen molar-refractivity contribution in [1.82, 2.24) is 4.90 Å². The molecular weight excluding hydrogens is 369 g/mol. The molecule has 0 saturated carbocycles. The molecule has 2 aromatic rings. The standard InChI is InChI=1S/C24H32FNO3/c1-20(27)19-28-14-15-29-24(2,3)23(25)18-26(16-21-10-6-4-7-11-21)17-22-12-8-5-9-13-22/h4-13,23H,14-19H2,1-3H3. The molecule has 1 atom stereocenters. The first kappa shape index (κ1) is 23.2. The van der Waals surface area contributed by atoms with Crippen molar-refractivity contribution in [2.75, 3.05) is 26.4 Å². The zero-order chi connectivity index (χ0) is 21.1. The smallest absolute Gasteiger partial charge is 0.155 e. The summed E-state index contributed by atoms with van der Waals surface area (Å²) in [6, 6.07) is 20.2. The van der Waals surface area contributed by atoms with Crippen LogP contribution in [0.3, 0.4) is 0 Å². The zero-order valence-electron chi connectivity index (χ0n) is 17.6. The van der Waals surface area contributed by atoms with Crippen LogP contribution in [0.5, 0.6) is 0 Å². The molecule has 0 spiro atoms. The number of hydrogen-bond acceptors (Lipinski definition) is 4. The van der Waals surface area contributed by atoms with E-state index in [9.17, 15) is 4.79 Å². The van der Waals surface area contributed by atoms with E-state index in [1.165, 1.54) is 6.92 Å². The maximum absolute atomic E-state index is 15.2. The Balaban J connectivity index is 1.95. The van der Waals surface area contributed by atoms with Gasteiger partial charge in [-0.3, -0.25) is 9.69 Å². The molecular formula is C24H32FNO3. The lowest BCUT2D eigenvalue weighted by Gasteiger charge is -2.33. The van der Waals surface area contributed by atoms with Gasteiger partial charge in [0.05, 0.1) is 18.8 Å². The van der Waals surface area contributed by atoms with Crippen molar-refractivity contribution in [3.63, 3.8) is 0 Å². The molecule has 1 unspecified atom stereocenters. The van der Waals surface area contributed by atoms with Gasteiger partial charge in [0.25, 0.3) is 0 Å². The number of ketones is 1. The number of halogens is 1. The second-order valence-electron chi connectivity index (χ2n) is 7.81. The van der Waals surface area contributed by atoms with Gasteiger partial charge in [-0.2, -0.15) is 0 Å². The fraction of sp³-hybridized carbons (Fsp3) is 0.458. The molecule has 0 aliphatic carbocycles. The van der Waals surface area contributed by atoms with Gasteiger partial charge in [0.1, 0.15) is 12.8 Å². The lowest BCUT2D eigenvalue weighted by molar-refractivity contribution is -0.124. The maximum Gasteiger partial charge on any atom is 0.155 e. The van der Waals surface area contributed by atoms with E-state index in [1.54, 1.807) is 13.8 Å². The Morgan fingerprint density at radius 1 is 0.966 bits per heavy atom. The Kier molecular flexibility index (Phi) is 9.45. The van der Waals surface area contributed by atoms with Crippen molar-refractivity contribution < 1.29 is 18.7 Å². The van der Waals surface area contributed by atoms with Crippen LogP contribution in [0.25, 0.3) is 0 Å². The molecule has 4 nitrogen and oxygen atoms in total. The molecule has 0 N–H and O–H groups in total. The second kappa shape index (κ2) is 11.8. The highest BCUT2D eigenvalue weighted by molar-refractivity contribution is 5.76. The number of carbonyl (C=O) groups excluding carboxylic acids is 1. The summed E-state index contributed by atoms with van der Waals surface area (Å²) >= 11 is 0. The molecule has 0 fully saturated rings. The third-order valence-electron chi connectivity index (χ3n) is 4.68. The van der Waals surface area contributed by atoms with Gasteiger partial charge < -0.3 is 9.47 Å². The van der Waals surface area contributed by atoms with Gasteiger partial charge in [-0.25, -0.2) is 4.39 Å². The first-order chi connectivity index (χ1) is 13.9. The summed E-state index contributed by atoms with van der Waals surface area (Å²) in [6.45, 7) is 7.14. The molecule has 5 heteroatoms. The van der Waals surface area contributed by atoms with Crippen LogP contribution in [-0.4, -0.2) is 48.8 Å². The average molecular weight is 402 g/mol. The van der Waals surface area contributed by atoms with Crippen LogP contribution >= 0.6 is 0 Å². The number of nitrogens with zero attached hydrogens (tertiary/aromatic N) is 1. The topological polar surface area (TPSA) is 38.8 Å². The minimum atomic E-state index is -1.18. The van der Waals surface area contributed by atoms with Crippen LogP contribution in [0.4, 0.5) is 4.39 Å². The van der Waals surface area contributed by atoms with Crippen LogP contribution in [-0.2, 0) is 27.4 Å². The lowest BCUT2D eigenvalue weighted by Crippen LogP contribution is -2.44. The average Bonchev–Trinajstić information content (AvgIpc) is 2.69. The Morgan fingerprint density at radius 2 is 1.48 bits per heavy atom. The molecule has 0 aromatic heterocycles. The highest BCUT2D eigenvalue weighted by atomic mass is 19.1. The predicted octanol–water partition coefficient (Wildman–Crippen LogP) is 4.43. The number of ether oxygens (including phenoxy) is 2. The Labute approximate surface area is 173 Å². The van der Waals surface area contributed by atoms with Gasteiger partial charge in [-0.05, 0) is 31.9 Å². The van der Waals surface area contributed by atoms with Crippen molar-refractivity contribution in [2.24, 2.45) is 0 Å². The van der Waals surface area contributed by atoms with Crippen molar-refractivity contribution in [3.05, 3.63) is 71.8 Å². The summed E-state index contributed by atoms with van der Waals surface area (Å²) < 4.78 is 26.2. The van der Waals surface area contributed by atoms with Crippen molar-refractivity contribution in [1.29, 1.82) is 0 Å². The summed E-state index contributed by atoms with van der Waals surface area (Å²) in [5.41, 5.74) is 1.34. The van der Waals surface area contributed by atoms with Crippen LogP contribution in [0.1, 0.15) is 31.9 Å². The van der Waals surface area contributed by atoms with Gasteiger partial charge in [0.15, 0.2) is 5.78 Å². The third-order valence-corrected chi connectivity index (χ3v) is 4.68. The van der Waals surface area contributed by atoms with Crippen molar-refractivity contribution >= 4 is 5.78 Å². The van der Waals surface area contributed by atoms with Gasteiger partial charge in [-0.1, -0.05) is 60.7 Å². The molecule has 0 bridgehead atoms. The number of hydrogen-bond donors (Lipinski definition) is 0. The number of benzene rings is 2. The summed E-state index contributed by atoms with van der Waals surface area (Å²) in [5.74, 6) is -0.0369. The van der Waals surface area contributed by atoms with Gasteiger partial charge in [0.2, 0.25) is 0 Å². The van der Waals surface area contributed by atoms with Crippen LogP contribution in [0.15, 0.2) is 60.7 Å². The molecule has 0 aliphatic rings. The molecule has 29 heavy (non-hydrogen) atoms. The minimum absolute atomic E-state index is 0.0369. The Bertz CT molecular complexity index is 680. The number of alkyl halides is 1. The van der Waals surface area contributed by atoms with E-state index in [0.29, 0.717) is 13.1 Å². The SMILES string of the molecule is CC(=O)COCCOC(C)(C)C(F)CN(Cc1ccccc1)Cc1ccccc1. The van der Waals surface area contributed by atoms with E-state index in [4.69, 9.17) is 9.47 Å². The van der Waals surface area contributed by atoms with E-state index in [2.05, 4.69) is 29.2 Å². The van der Waals surface area contributed by atoms with Gasteiger partial charge in [0, 0.05) is 19.6 Å². The number of Topliss-reactive ketones (excluding diaryl/α,β-unsaturated/α-hetero) is 1. The first-order valence-electron chi connectivity index (χ1n) is 10.0.